The molecule has 0 amide bonds. The Morgan fingerprint density at radius 1 is 1.15 bits per heavy atom. The number of hydrogen-bond acceptors (Lipinski definition) is 5. The van der Waals surface area contributed by atoms with Gasteiger partial charge in [0.1, 0.15) is 11.5 Å². The zero-order chi connectivity index (χ0) is 18.0. The van der Waals surface area contributed by atoms with Gasteiger partial charge in [-0.1, -0.05) is 12.1 Å². The topological polar surface area (TPSA) is 123 Å². The second-order valence-electron chi connectivity index (χ2n) is 5.40. The Kier molecular flexibility index (Phi) is 8.76. The Labute approximate surface area is 201 Å². The summed E-state index contributed by atoms with van der Waals surface area (Å²) in [4.78, 5) is 4.49. The van der Waals surface area contributed by atoms with Gasteiger partial charge in [0.05, 0.1) is 25.3 Å². The average molecular weight is 393 g/mol. The van der Waals surface area contributed by atoms with Gasteiger partial charge in [0, 0.05) is 30.9 Å². The third-order valence-corrected chi connectivity index (χ3v) is 3.86. The van der Waals surface area contributed by atoms with Gasteiger partial charge in [-0.3, -0.25) is 4.98 Å². The van der Waals surface area contributed by atoms with Crippen LogP contribution in [0, 0.1) is 6.08 Å². The van der Waals surface area contributed by atoms with E-state index in [4.69, 9.17) is 21.1 Å². The van der Waals surface area contributed by atoms with Crippen LogP contribution in [0.15, 0.2) is 48.3 Å². The van der Waals surface area contributed by atoms with Crippen molar-refractivity contribution in [3.05, 3.63) is 72.2 Å². The number of fused-ring (bicyclic) bond motifs is 1. The largest absolute Gasteiger partial charge is 1.00 e. The maximum atomic E-state index is 8.28. The Balaban J connectivity index is 0.00000182. The number of methoxy groups -OCH3 is 2. The van der Waals surface area contributed by atoms with Gasteiger partial charge in [-0.25, -0.2) is 0 Å². The molecule has 8 nitrogen and oxygen atoms in total. The molecule has 0 saturated carbocycles. The first kappa shape index (κ1) is 23.4. The number of nitrogens with one attached hydrogen (secondary N) is 1. The molecule has 2 aromatic carbocycles. The minimum Gasteiger partial charge on any atom is -0.693 e. The van der Waals surface area contributed by atoms with Gasteiger partial charge >= 0.3 is 51.4 Å². The standard InChI is InChI=1S/C18H19N5O2.K.H2N/c1-22-16-7-5-4-6-15(16)21-18(22)11-17(19)23(20)12-8-13(24-2)10-14(9-12)25-3;;/h4-10,20H,19H2,1-3H3;;1H2/q-2;+1;-1. The number of imidazole rings is 1. The molecule has 3 rings (SSSR count). The van der Waals surface area contributed by atoms with E-state index in [0.29, 0.717) is 23.0 Å². The third-order valence-electron chi connectivity index (χ3n) is 3.86. The number of rotatable bonds is 5. The van der Waals surface area contributed by atoms with Crippen LogP contribution < -0.4 is 71.6 Å². The Morgan fingerprint density at radius 3 is 2.30 bits per heavy atom. The van der Waals surface area contributed by atoms with Crippen LogP contribution >= 0.6 is 0 Å². The van der Waals surface area contributed by atoms with Gasteiger partial charge in [-0.05, 0) is 18.0 Å². The number of aryl methyl sites for hydroxylation is 1. The summed E-state index contributed by atoms with van der Waals surface area (Å²) in [7, 11) is 4.99. The molecular formula is C18H21KN6O2-2. The molecule has 0 radical (unpaired) electrons. The number of anilines is 1. The fraction of sp³-hybridized carbons (Fsp3) is 0.167. The van der Waals surface area contributed by atoms with E-state index in [0.717, 1.165) is 16.0 Å². The Morgan fingerprint density at radius 2 is 1.74 bits per heavy atom. The van der Waals surface area contributed by atoms with E-state index >= 15 is 0 Å². The number of ether oxygens (including phenoxy) is 2. The van der Waals surface area contributed by atoms with Crippen molar-refractivity contribution in [3.8, 4) is 11.5 Å². The normalized spacial score (nSPS) is 10.7. The monoisotopic (exact) mass is 392 g/mol. The molecule has 1 aromatic heterocycles. The molecule has 0 spiro atoms. The molecule has 0 aliphatic rings. The molecule has 9 heteroatoms. The van der Waals surface area contributed by atoms with Crippen LogP contribution in [0.2, 0.25) is 0 Å². The van der Waals surface area contributed by atoms with Crippen molar-refractivity contribution < 1.29 is 60.9 Å². The van der Waals surface area contributed by atoms with Gasteiger partial charge in [0.2, 0.25) is 0 Å². The van der Waals surface area contributed by atoms with Crippen LogP contribution in [0.25, 0.3) is 23.0 Å². The van der Waals surface area contributed by atoms with Crippen molar-refractivity contribution in [1.29, 1.82) is 0 Å². The first-order valence-electron chi connectivity index (χ1n) is 7.59. The zero-order valence-corrected chi connectivity index (χ0v) is 19.0. The van der Waals surface area contributed by atoms with Crippen LogP contribution in [0.4, 0.5) is 5.69 Å². The zero-order valence-electron chi connectivity index (χ0n) is 15.9. The smallest absolute Gasteiger partial charge is 0.693 e. The molecule has 138 valence electrons. The van der Waals surface area contributed by atoms with Crippen LogP contribution in [0.3, 0.4) is 0 Å². The van der Waals surface area contributed by atoms with Crippen LogP contribution in [0.1, 0.15) is 5.82 Å². The van der Waals surface area contributed by atoms with E-state index < -0.39 is 0 Å². The molecule has 27 heavy (non-hydrogen) atoms. The summed E-state index contributed by atoms with van der Waals surface area (Å²) in [5.41, 5.74) is 8.38. The summed E-state index contributed by atoms with van der Waals surface area (Å²) in [6.07, 6.45) is 2.98. The second-order valence-corrected chi connectivity index (χ2v) is 5.40. The average Bonchev–Trinajstić information content (AvgIpc) is 2.96. The Bertz CT molecular complexity index is 918. The van der Waals surface area contributed by atoms with Gasteiger partial charge in [-0.15, -0.1) is 5.82 Å². The maximum Gasteiger partial charge on any atom is 1.00 e. The molecule has 1 heterocycles. The minimum absolute atomic E-state index is 0. The first-order valence-corrected chi connectivity index (χ1v) is 7.59. The van der Waals surface area contributed by atoms with Gasteiger partial charge < -0.3 is 42.9 Å². The van der Waals surface area contributed by atoms with Gasteiger partial charge in [0.25, 0.3) is 0 Å². The van der Waals surface area contributed by atoms with E-state index in [2.05, 4.69) is 11.1 Å². The van der Waals surface area contributed by atoms with Crippen LogP contribution in [0.5, 0.6) is 11.5 Å². The van der Waals surface area contributed by atoms with Crippen molar-refractivity contribution >= 4 is 16.7 Å². The number of nitrogens with zero attached hydrogens (tertiary/aromatic N) is 3. The summed E-state index contributed by atoms with van der Waals surface area (Å²) < 4.78 is 12.3. The summed E-state index contributed by atoms with van der Waals surface area (Å²) >= 11 is 0. The van der Waals surface area contributed by atoms with E-state index in [1.54, 1.807) is 32.4 Å². The summed E-state index contributed by atoms with van der Waals surface area (Å²) in [5.74, 6) is 10.1. The quantitative estimate of drug-likeness (QED) is 0.390. The third kappa shape index (κ3) is 5.02. The molecule has 0 aliphatic heterocycles. The molecule has 0 atom stereocenters. The number of aromatic nitrogens is 2. The fourth-order valence-electron chi connectivity index (χ4n) is 2.49. The minimum atomic E-state index is 0. The predicted octanol–water partition coefficient (Wildman–Crippen LogP) is 0.737. The summed E-state index contributed by atoms with van der Waals surface area (Å²) in [6.45, 7) is 0. The molecule has 0 fully saturated rings. The molecule has 5 N–H and O–H groups in total. The molecule has 0 unspecified atom stereocenters. The number of para-hydroxylation sites is 2. The number of hydrogen-bond donors (Lipinski definition) is 1. The van der Waals surface area contributed by atoms with Crippen molar-refractivity contribution in [2.75, 3.05) is 19.2 Å². The first-order chi connectivity index (χ1) is 12.0. The maximum absolute atomic E-state index is 8.28. The van der Waals surface area contributed by atoms with Gasteiger partial charge in [-0.2, -0.15) is 0 Å². The molecule has 0 aliphatic carbocycles. The fourth-order valence-corrected chi connectivity index (χ4v) is 2.49. The van der Waals surface area contributed by atoms with Crippen molar-refractivity contribution in [1.82, 2.24) is 9.55 Å². The molecule has 0 bridgehead atoms. The number of nitrogens with two attached hydrogens (primary N) is 2. The van der Waals surface area contributed by atoms with Gasteiger partial charge in [0.15, 0.2) is 0 Å². The van der Waals surface area contributed by atoms with Crippen LogP contribution in [-0.4, -0.2) is 23.8 Å². The second kappa shape index (κ2) is 10.1. The van der Waals surface area contributed by atoms with E-state index in [9.17, 15) is 0 Å². The van der Waals surface area contributed by atoms with Crippen molar-refractivity contribution in [2.24, 2.45) is 12.8 Å². The van der Waals surface area contributed by atoms with Crippen molar-refractivity contribution in [3.63, 3.8) is 0 Å². The van der Waals surface area contributed by atoms with E-state index in [-0.39, 0.29) is 63.4 Å². The molecular weight excluding hydrogens is 371 g/mol. The van der Waals surface area contributed by atoms with E-state index in [1.807, 2.05) is 35.9 Å². The summed E-state index contributed by atoms with van der Waals surface area (Å²) in [6, 6.07) is 12.9. The van der Waals surface area contributed by atoms with E-state index in [1.165, 1.54) is 0 Å². The van der Waals surface area contributed by atoms with Crippen molar-refractivity contribution in [2.45, 2.75) is 0 Å². The Hall–Kier alpha value is -1.59. The predicted molar refractivity (Wildman–Crippen MR) is 102 cm³/mol. The number of benzene rings is 2. The molecule has 0 saturated heterocycles. The summed E-state index contributed by atoms with van der Waals surface area (Å²) in [5, 5.41) is 1.06. The van der Waals surface area contributed by atoms with Crippen LogP contribution in [-0.2, 0) is 7.05 Å². The molecule has 3 aromatic rings. The SMILES string of the molecule is COc1cc(OC)cc(N([NH-])C(N)=[C-]c2nc3ccccc3n2C)c1.[K+].[NH2-].